The van der Waals surface area contributed by atoms with Gasteiger partial charge >= 0.3 is 16.2 Å². The van der Waals surface area contributed by atoms with E-state index in [2.05, 4.69) is 9.02 Å². The Morgan fingerprint density at radius 1 is 1.21 bits per heavy atom. The van der Waals surface area contributed by atoms with E-state index in [0.717, 1.165) is 5.56 Å². The Kier molecular flexibility index (Phi) is 4.90. The first-order valence-electron chi connectivity index (χ1n) is 5.72. The lowest BCUT2D eigenvalue weighted by Crippen LogP contribution is -2.28. The molecular formula is C12H17NO5S. The summed E-state index contributed by atoms with van der Waals surface area (Å²) in [4.78, 5) is 11.1. The van der Waals surface area contributed by atoms with Crippen molar-refractivity contribution in [2.45, 2.75) is 32.6 Å². The first-order chi connectivity index (χ1) is 8.77. The van der Waals surface area contributed by atoms with Gasteiger partial charge in [0.2, 0.25) is 0 Å². The summed E-state index contributed by atoms with van der Waals surface area (Å²) in [5.74, 6) is 0. The number of hydroxylamine groups is 1. The van der Waals surface area contributed by atoms with Gasteiger partial charge in [-0.15, -0.1) is 4.28 Å². The van der Waals surface area contributed by atoms with Crippen LogP contribution in [0, 0.1) is 20.8 Å². The van der Waals surface area contributed by atoms with Gasteiger partial charge in [-0.25, -0.2) is 4.79 Å². The zero-order valence-electron chi connectivity index (χ0n) is 11.3. The van der Waals surface area contributed by atoms with Crippen molar-refractivity contribution < 1.29 is 22.2 Å². The number of benzene rings is 1. The third kappa shape index (κ3) is 3.93. The van der Waals surface area contributed by atoms with Crippen molar-refractivity contribution in [1.82, 2.24) is 5.48 Å². The molecule has 0 fully saturated rings. The average molecular weight is 287 g/mol. The van der Waals surface area contributed by atoms with Gasteiger partial charge in [0.05, 0.1) is 6.61 Å². The topological polar surface area (TPSA) is 81.7 Å². The van der Waals surface area contributed by atoms with E-state index in [0.29, 0.717) is 11.1 Å². The zero-order valence-corrected chi connectivity index (χ0v) is 12.1. The van der Waals surface area contributed by atoms with Crippen molar-refractivity contribution in [3.8, 4) is 0 Å². The molecule has 0 bridgehead atoms. The number of carbonyl (C=O) groups is 1. The van der Waals surface area contributed by atoms with Crippen LogP contribution in [0.4, 0.5) is 4.79 Å². The molecule has 0 unspecified atom stereocenters. The van der Waals surface area contributed by atoms with Crippen molar-refractivity contribution in [2.75, 3.05) is 6.61 Å². The van der Waals surface area contributed by atoms with Gasteiger partial charge < -0.3 is 4.74 Å². The Labute approximate surface area is 112 Å². The molecule has 0 spiro atoms. The van der Waals surface area contributed by atoms with Crippen LogP contribution in [0.1, 0.15) is 23.6 Å². The average Bonchev–Trinajstić information content (AvgIpc) is 2.25. The van der Waals surface area contributed by atoms with Gasteiger partial charge in [0, 0.05) is 0 Å². The van der Waals surface area contributed by atoms with Crippen LogP contribution in [0.5, 0.6) is 0 Å². The summed E-state index contributed by atoms with van der Waals surface area (Å²) < 4.78 is 33.0. The van der Waals surface area contributed by atoms with Gasteiger partial charge in [0.1, 0.15) is 4.90 Å². The lowest BCUT2D eigenvalue weighted by molar-refractivity contribution is 0.107. The molecule has 0 saturated heterocycles. The van der Waals surface area contributed by atoms with Crippen molar-refractivity contribution in [3.63, 3.8) is 0 Å². The Bertz CT molecular complexity index is 557. The summed E-state index contributed by atoms with van der Waals surface area (Å²) in [7, 11) is -4.06. The number of rotatable bonds is 4. The number of hydrogen-bond donors (Lipinski definition) is 1. The fourth-order valence-electron chi connectivity index (χ4n) is 1.85. The number of carbonyl (C=O) groups excluding carboxylic acids is 1. The summed E-state index contributed by atoms with van der Waals surface area (Å²) in [6, 6.07) is 3.46. The fourth-order valence-corrected chi connectivity index (χ4v) is 3.02. The monoisotopic (exact) mass is 287 g/mol. The van der Waals surface area contributed by atoms with Crippen LogP contribution < -0.4 is 5.48 Å². The SMILES string of the molecule is CCOC(=O)NOS(=O)(=O)c1c(C)cc(C)cc1C. The van der Waals surface area contributed by atoms with E-state index in [1.807, 2.05) is 6.92 Å². The summed E-state index contributed by atoms with van der Waals surface area (Å²) in [5, 5.41) is 0. The van der Waals surface area contributed by atoms with Crippen LogP contribution in [0.2, 0.25) is 0 Å². The molecule has 1 amide bonds. The molecule has 106 valence electrons. The number of amides is 1. The molecule has 1 N–H and O–H groups in total. The summed E-state index contributed by atoms with van der Waals surface area (Å²) in [5.41, 5.74) is 3.81. The van der Waals surface area contributed by atoms with Crippen molar-refractivity contribution in [1.29, 1.82) is 0 Å². The van der Waals surface area contributed by atoms with Crippen molar-refractivity contribution in [2.24, 2.45) is 0 Å². The van der Waals surface area contributed by atoms with Gasteiger partial charge in [0.25, 0.3) is 0 Å². The Morgan fingerprint density at radius 3 is 2.21 bits per heavy atom. The van der Waals surface area contributed by atoms with E-state index in [-0.39, 0.29) is 11.5 Å². The smallest absolute Gasteiger partial charge is 0.432 e. The molecule has 0 aliphatic carbocycles. The van der Waals surface area contributed by atoms with Crippen LogP contribution in [0.15, 0.2) is 17.0 Å². The molecule has 7 heteroatoms. The van der Waals surface area contributed by atoms with Crippen LogP contribution in [0.3, 0.4) is 0 Å². The van der Waals surface area contributed by atoms with E-state index in [4.69, 9.17) is 0 Å². The molecular weight excluding hydrogens is 270 g/mol. The van der Waals surface area contributed by atoms with E-state index >= 15 is 0 Å². The maximum Gasteiger partial charge on any atom is 0.432 e. The van der Waals surface area contributed by atoms with E-state index in [1.165, 1.54) is 0 Å². The Morgan fingerprint density at radius 2 is 1.74 bits per heavy atom. The predicted molar refractivity (Wildman–Crippen MR) is 69.1 cm³/mol. The molecule has 1 aromatic rings. The lowest BCUT2D eigenvalue weighted by atomic mass is 10.1. The first-order valence-corrected chi connectivity index (χ1v) is 7.13. The number of aryl methyl sites for hydroxylation is 3. The number of hydrogen-bond acceptors (Lipinski definition) is 5. The quantitative estimate of drug-likeness (QED) is 0.856. The molecule has 19 heavy (non-hydrogen) atoms. The maximum absolute atomic E-state index is 12.0. The highest BCUT2D eigenvalue weighted by atomic mass is 32.2. The van der Waals surface area contributed by atoms with Gasteiger partial charge in [-0.2, -0.15) is 13.9 Å². The minimum Gasteiger partial charge on any atom is -0.448 e. The van der Waals surface area contributed by atoms with Gasteiger partial charge in [0.15, 0.2) is 0 Å². The highest BCUT2D eigenvalue weighted by Crippen LogP contribution is 2.22. The third-order valence-corrected chi connectivity index (χ3v) is 3.81. The molecule has 0 atom stereocenters. The first kappa shape index (κ1) is 15.5. The van der Waals surface area contributed by atoms with Gasteiger partial charge in [-0.05, 0) is 38.8 Å². The second kappa shape index (κ2) is 6.03. The molecule has 0 aliphatic rings. The molecule has 6 nitrogen and oxygen atoms in total. The Hall–Kier alpha value is -1.60. The maximum atomic E-state index is 12.0. The highest BCUT2D eigenvalue weighted by molar-refractivity contribution is 7.86. The second-order valence-electron chi connectivity index (χ2n) is 4.09. The van der Waals surface area contributed by atoms with E-state index < -0.39 is 16.2 Å². The van der Waals surface area contributed by atoms with Crippen molar-refractivity contribution in [3.05, 3.63) is 28.8 Å². The van der Waals surface area contributed by atoms with Crippen LogP contribution in [-0.2, 0) is 19.1 Å². The molecule has 0 aliphatic heterocycles. The summed E-state index contributed by atoms with van der Waals surface area (Å²) in [6.45, 7) is 6.93. The minimum atomic E-state index is -4.06. The summed E-state index contributed by atoms with van der Waals surface area (Å²) >= 11 is 0. The second-order valence-corrected chi connectivity index (χ2v) is 5.57. The van der Waals surface area contributed by atoms with Gasteiger partial charge in [-0.3, -0.25) is 0 Å². The van der Waals surface area contributed by atoms with Crippen LogP contribution in [-0.4, -0.2) is 21.1 Å². The molecule has 0 heterocycles. The highest BCUT2D eigenvalue weighted by Gasteiger charge is 2.22. The van der Waals surface area contributed by atoms with Crippen molar-refractivity contribution >= 4 is 16.2 Å². The minimum absolute atomic E-state index is 0.0508. The Balaban J connectivity index is 2.98. The molecule has 0 aromatic heterocycles. The fraction of sp³-hybridized carbons (Fsp3) is 0.417. The molecule has 0 saturated carbocycles. The standard InChI is InChI=1S/C12H17NO5S/c1-5-17-12(14)13-18-19(15,16)11-9(3)6-8(2)7-10(11)4/h6-7H,5H2,1-4H3,(H,13,14). The molecule has 1 aromatic carbocycles. The third-order valence-electron chi connectivity index (χ3n) is 2.36. The lowest BCUT2D eigenvalue weighted by Gasteiger charge is -2.12. The largest absolute Gasteiger partial charge is 0.448 e. The van der Waals surface area contributed by atoms with E-state index in [1.54, 1.807) is 38.4 Å². The van der Waals surface area contributed by atoms with E-state index in [9.17, 15) is 13.2 Å². The predicted octanol–water partition coefficient (Wildman–Crippen LogP) is 1.98. The summed E-state index contributed by atoms with van der Waals surface area (Å²) in [6.07, 6.45) is -0.950. The normalized spacial score (nSPS) is 11.2. The van der Waals surface area contributed by atoms with Crippen LogP contribution in [0.25, 0.3) is 0 Å². The molecule has 0 radical (unpaired) electrons. The number of nitrogens with one attached hydrogen (secondary N) is 1. The zero-order chi connectivity index (χ0) is 14.6. The molecule has 1 rings (SSSR count). The van der Waals surface area contributed by atoms with Crippen LogP contribution >= 0.6 is 0 Å². The van der Waals surface area contributed by atoms with Gasteiger partial charge in [-0.1, -0.05) is 17.7 Å². The number of ether oxygens (including phenoxy) is 1.